The van der Waals surface area contributed by atoms with E-state index in [1.54, 1.807) is 25.1 Å². The van der Waals surface area contributed by atoms with Crippen LogP contribution < -0.4 is 9.47 Å². The highest BCUT2D eigenvalue weighted by Gasteiger charge is 2.17. The lowest BCUT2D eigenvalue weighted by molar-refractivity contribution is 0.155. The molecule has 2 atom stereocenters. The number of aliphatic hydroxyl groups excluding tert-OH is 1. The van der Waals surface area contributed by atoms with Gasteiger partial charge in [-0.15, -0.1) is 0 Å². The number of fused-ring (bicyclic) bond motifs is 1. The highest BCUT2D eigenvalue weighted by Crippen LogP contribution is 2.35. The first-order valence-corrected chi connectivity index (χ1v) is 5.18. The van der Waals surface area contributed by atoms with Crippen LogP contribution in [0.1, 0.15) is 25.0 Å². The van der Waals surface area contributed by atoms with E-state index in [0.717, 1.165) is 5.56 Å². The Morgan fingerprint density at radius 3 is 2.94 bits per heavy atom. The number of rotatable bonds is 3. The molecule has 0 saturated heterocycles. The SMILES string of the molecule is CC(C#N)CC(O)c1ccc2c(c1)OCO2. The van der Waals surface area contributed by atoms with Crippen LogP contribution in [0.2, 0.25) is 0 Å². The maximum absolute atomic E-state index is 9.91. The van der Waals surface area contributed by atoms with Crippen molar-refractivity contribution < 1.29 is 14.6 Å². The Morgan fingerprint density at radius 1 is 1.44 bits per heavy atom. The lowest BCUT2D eigenvalue weighted by Gasteiger charge is -2.12. The van der Waals surface area contributed by atoms with E-state index in [2.05, 4.69) is 6.07 Å². The standard InChI is InChI=1S/C12H13NO3/c1-8(6-13)4-10(14)9-2-3-11-12(5-9)16-7-15-11/h2-3,5,8,10,14H,4,7H2,1H3. The second-order valence-electron chi connectivity index (χ2n) is 3.89. The zero-order chi connectivity index (χ0) is 11.5. The molecule has 1 N–H and O–H groups in total. The molecule has 0 fully saturated rings. The van der Waals surface area contributed by atoms with Gasteiger partial charge in [0, 0.05) is 5.92 Å². The monoisotopic (exact) mass is 219 g/mol. The summed E-state index contributed by atoms with van der Waals surface area (Å²) in [5, 5.41) is 18.6. The Kier molecular flexibility index (Phi) is 2.97. The highest BCUT2D eigenvalue weighted by atomic mass is 16.7. The van der Waals surface area contributed by atoms with E-state index >= 15 is 0 Å². The number of ether oxygens (including phenoxy) is 2. The van der Waals surface area contributed by atoms with Gasteiger partial charge in [-0.1, -0.05) is 6.07 Å². The maximum atomic E-state index is 9.91. The minimum Gasteiger partial charge on any atom is -0.454 e. The van der Waals surface area contributed by atoms with Gasteiger partial charge in [-0.05, 0) is 31.0 Å². The summed E-state index contributed by atoms with van der Waals surface area (Å²) < 4.78 is 10.4. The summed E-state index contributed by atoms with van der Waals surface area (Å²) in [5.74, 6) is 1.19. The van der Waals surface area contributed by atoms with E-state index in [1.165, 1.54) is 0 Å². The van der Waals surface area contributed by atoms with Crippen molar-refractivity contribution in [1.29, 1.82) is 5.26 Å². The molecule has 84 valence electrons. The molecule has 1 aliphatic rings. The summed E-state index contributed by atoms with van der Waals surface area (Å²) in [6.45, 7) is 2.01. The van der Waals surface area contributed by atoms with Crippen LogP contribution in [0, 0.1) is 17.2 Å². The summed E-state index contributed by atoms with van der Waals surface area (Å²) in [6.07, 6.45) is -0.208. The van der Waals surface area contributed by atoms with Gasteiger partial charge in [0.2, 0.25) is 6.79 Å². The molecular formula is C12H13NO3. The molecule has 0 aliphatic carbocycles. The molecule has 1 aromatic rings. The van der Waals surface area contributed by atoms with Crippen molar-refractivity contribution in [2.45, 2.75) is 19.4 Å². The van der Waals surface area contributed by atoms with Gasteiger partial charge >= 0.3 is 0 Å². The number of nitriles is 1. The Balaban J connectivity index is 2.12. The number of hydrogen-bond donors (Lipinski definition) is 1. The average Bonchev–Trinajstić information content (AvgIpc) is 2.75. The quantitative estimate of drug-likeness (QED) is 0.844. The molecule has 4 nitrogen and oxygen atoms in total. The first-order chi connectivity index (χ1) is 7.70. The molecule has 2 unspecified atom stereocenters. The fourth-order valence-electron chi connectivity index (χ4n) is 1.64. The van der Waals surface area contributed by atoms with Gasteiger partial charge in [0.15, 0.2) is 11.5 Å². The molecule has 0 saturated carbocycles. The third-order valence-electron chi connectivity index (χ3n) is 2.58. The molecule has 0 aromatic heterocycles. The highest BCUT2D eigenvalue weighted by molar-refractivity contribution is 5.45. The zero-order valence-corrected chi connectivity index (χ0v) is 9.01. The summed E-state index contributed by atoms with van der Waals surface area (Å²) in [5.41, 5.74) is 0.756. The molecule has 0 amide bonds. The molecule has 0 spiro atoms. The molecule has 4 heteroatoms. The molecule has 1 aliphatic heterocycles. The van der Waals surface area contributed by atoms with E-state index in [4.69, 9.17) is 14.7 Å². The van der Waals surface area contributed by atoms with Crippen LogP contribution >= 0.6 is 0 Å². The third-order valence-corrected chi connectivity index (χ3v) is 2.58. The predicted octanol–water partition coefficient (Wildman–Crippen LogP) is 2.00. The van der Waals surface area contributed by atoms with Crippen LogP contribution in [-0.2, 0) is 0 Å². The van der Waals surface area contributed by atoms with Gasteiger partial charge in [-0.2, -0.15) is 5.26 Å². The van der Waals surface area contributed by atoms with Crippen molar-refractivity contribution in [3.8, 4) is 17.6 Å². The third kappa shape index (κ3) is 2.10. The van der Waals surface area contributed by atoms with Crippen LogP contribution in [-0.4, -0.2) is 11.9 Å². The molecule has 0 radical (unpaired) electrons. The molecular weight excluding hydrogens is 206 g/mol. The fourth-order valence-corrected chi connectivity index (χ4v) is 1.64. The van der Waals surface area contributed by atoms with E-state index in [9.17, 15) is 5.11 Å². The van der Waals surface area contributed by atoms with Gasteiger partial charge < -0.3 is 14.6 Å². The Hall–Kier alpha value is -1.73. The Morgan fingerprint density at radius 2 is 2.19 bits per heavy atom. The van der Waals surface area contributed by atoms with Crippen molar-refractivity contribution in [2.24, 2.45) is 5.92 Å². The Labute approximate surface area is 94.0 Å². The van der Waals surface area contributed by atoms with Crippen LogP contribution in [0.15, 0.2) is 18.2 Å². The molecule has 2 rings (SSSR count). The average molecular weight is 219 g/mol. The number of hydrogen-bond acceptors (Lipinski definition) is 4. The fraction of sp³-hybridized carbons (Fsp3) is 0.417. The minimum absolute atomic E-state index is 0.166. The smallest absolute Gasteiger partial charge is 0.231 e. The number of nitrogens with zero attached hydrogens (tertiary/aromatic N) is 1. The zero-order valence-electron chi connectivity index (χ0n) is 9.01. The topological polar surface area (TPSA) is 62.5 Å². The second-order valence-corrected chi connectivity index (χ2v) is 3.89. The van der Waals surface area contributed by atoms with Gasteiger partial charge in [0.1, 0.15) is 0 Å². The van der Waals surface area contributed by atoms with Crippen molar-refractivity contribution in [2.75, 3.05) is 6.79 Å². The van der Waals surface area contributed by atoms with Crippen molar-refractivity contribution in [3.63, 3.8) is 0 Å². The van der Waals surface area contributed by atoms with Gasteiger partial charge in [0.05, 0.1) is 12.2 Å². The van der Waals surface area contributed by atoms with E-state index < -0.39 is 6.10 Å². The van der Waals surface area contributed by atoms with Gasteiger partial charge in [0.25, 0.3) is 0 Å². The predicted molar refractivity (Wildman–Crippen MR) is 56.9 cm³/mol. The van der Waals surface area contributed by atoms with Crippen molar-refractivity contribution in [1.82, 2.24) is 0 Å². The maximum Gasteiger partial charge on any atom is 0.231 e. The molecule has 1 aromatic carbocycles. The minimum atomic E-state index is -0.635. The molecule has 16 heavy (non-hydrogen) atoms. The van der Waals surface area contributed by atoms with E-state index in [0.29, 0.717) is 17.9 Å². The molecule has 1 heterocycles. The Bertz CT molecular complexity index is 425. The van der Waals surface area contributed by atoms with Crippen molar-refractivity contribution in [3.05, 3.63) is 23.8 Å². The summed E-state index contributed by atoms with van der Waals surface area (Å²) in [4.78, 5) is 0. The number of benzene rings is 1. The lowest BCUT2D eigenvalue weighted by Crippen LogP contribution is -2.02. The van der Waals surface area contributed by atoms with Crippen LogP contribution in [0.5, 0.6) is 11.5 Å². The van der Waals surface area contributed by atoms with Crippen molar-refractivity contribution >= 4 is 0 Å². The van der Waals surface area contributed by atoms with E-state index in [-0.39, 0.29) is 12.7 Å². The van der Waals surface area contributed by atoms with Gasteiger partial charge in [-0.3, -0.25) is 0 Å². The normalized spacial score (nSPS) is 16.6. The summed E-state index contributed by atoms with van der Waals surface area (Å²) >= 11 is 0. The number of aliphatic hydroxyl groups is 1. The first kappa shape index (κ1) is 10.8. The van der Waals surface area contributed by atoms with Crippen LogP contribution in [0.3, 0.4) is 0 Å². The second kappa shape index (κ2) is 4.42. The largest absolute Gasteiger partial charge is 0.454 e. The van der Waals surface area contributed by atoms with Gasteiger partial charge in [-0.25, -0.2) is 0 Å². The van der Waals surface area contributed by atoms with Crippen LogP contribution in [0.4, 0.5) is 0 Å². The lowest BCUT2D eigenvalue weighted by atomic mass is 9.99. The van der Waals surface area contributed by atoms with E-state index in [1.807, 2.05) is 0 Å². The summed E-state index contributed by atoms with van der Waals surface area (Å²) in [6, 6.07) is 7.43. The first-order valence-electron chi connectivity index (χ1n) is 5.18. The summed E-state index contributed by atoms with van der Waals surface area (Å²) in [7, 11) is 0. The van der Waals surface area contributed by atoms with Crippen LogP contribution in [0.25, 0.3) is 0 Å². The molecule has 0 bridgehead atoms.